The standard InChI is InChI=1S/C13H17F3N2O4/c14-13(15,16)11(20)21-9-5-12(9)10(19)18-6-8(22-12)7-1-3-17-4-2-7/h7-9,17H,1-6H2,(H,18,19). The van der Waals surface area contributed by atoms with Gasteiger partial charge in [-0.2, -0.15) is 13.2 Å². The van der Waals surface area contributed by atoms with Gasteiger partial charge in [0.25, 0.3) is 5.91 Å². The van der Waals surface area contributed by atoms with Crippen molar-refractivity contribution in [2.75, 3.05) is 19.6 Å². The molecule has 3 aliphatic rings. The minimum Gasteiger partial charge on any atom is -0.452 e. The zero-order valence-electron chi connectivity index (χ0n) is 11.7. The summed E-state index contributed by atoms with van der Waals surface area (Å²) in [5.41, 5.74) is -1.44. The fourth-order valence-corrected chi connectivity index (χ4v) is 3.10. The Bertz CT molecular complexity index is 478. The van der Waals surface area contributed by atoms with E-state index in [9.17, 15) is 22.8 Å². The van der Waals surface area contributed by atoms with Gasteiger partial charge in [-0.3, -0.25) is 4.79 Å². The number of piperidine rings is 1. The lowest BCUT2D eigenvalue weighted by atomic mass is 9.91. The molecule has 2 heterocycles. The zero-order chi connectivity index (χ0) is 16.0. The quantitative estimate of drug-likeness (QED) is 0.706. The second-order valence-corrected chi connectivity index (χ2v) is 5.94. The molecule has 0 aromatic rings. The summed E-state index contributed by atoms with van der Waals surface area (Å²) in [5.74, 6) is -2.55. The van der Waals surface area contributed by atoms with Crippen LogP contribution >= 0.6 is 0 Å². The zero-order valence-corrected chi connectivity index (χ0v) is 11.7. The summed E-state index contributed by atoms with van der Waals surface area (Å²) in [5, 5.41) is 5.88. The van der Waals surface area contributed by atoms with Crippen LogP contribution in [0.3, 0.4) is 0 Å². The number of esters is 1. The van der Waals surface area contributed by atoms with E-state index >= 15 is 0 Å². The van der Waals surface area contributed by atoms with Gasteiger partial charge < -0.3 is 20.1 Å². The third-order valence-electron chi connectivity index (χ3n) is 4.45. The lowest BCUT2D eigenvalue weighted by molar-refractivity contribution is -0.205. The van der Waals surface area contributed by atoms with E-state index in [2.05, 4.69) is 15.4 Å². The Morgan fingerprint density at radius 3 is 2.64 bits per heavy atom. The molecular weight excluding hydrogens is 305 g/mol. The maximum absolute atomic E-state index is 12.2. The number of carbonyl (C=O) groups is 2. The molecule has 124 valence electrons. The van der Waals surface area contributed by atoms with Gasteiger partial charge in [-0.1, -0.05) is 0 Å². The summed E-state index contributed by atoms with van der Waals surface area (Å²) in [6.07, 6.45) is -4.75. The molecule has 2 saturated heterocycles. The van der Waals surface area contributed by atoms with Crippen molar-refractivity contribution < 1.29 is 32.2 Å². The van der Waals surface area contributed by atoms with E-state index in [0.29, 0.717) is 6.54 Å². The van der Waals surface area contributed by atoms with Crippen molar-refractivity contribution in [1.82, 2.24) is 10.6 Å². The average molecular weight is 322 g/mol. The topological polar surface area (TPSA) is 76.7 Å². The van der Waals surface area contributed by atoms with Crippen molar-refractivity contribution in [3.8, 4) is 0 Å². The third kappa shape index (κ3) is 2.79. The van der Waals surface area contributed by atoms with Gasteiger partial charge in [-0.05, 0) is 31.8 Å². The molecule has 6 nitrogen and oxygen atoms in total. The van der Waals surface area contributed by atoms with Gasteiger partial charge >= 0.3 is 12.1 Å². The number of hydrogen-bond acceptors (Lipinski definition) is 5. The molecular formula is C13H17F3N2O4. The summed E-state index contributed by atoms with van der Waals surface area (Å²) >= 11 is 0. The van der Waals surface area contributed by atoms with Crippen LogP contribution in [0.1, 0.15) is 19.3 Å². The van der Waals surface area contributed by atoms with Gasteiger partial charge in [0.05, 0.1) is 6.10 Å². The molecule has 0 aromatic heterocycles. The number of ether oxygens (including phenoxy) is 2. The maximum Gasteiger partial charge on any atom is 0.490 e. The van der Waals surface area contributed by atoms with E-state index in [1.54, 1.807) is 0 Å². The molecule has 0 aromatic carbocycles. The first kappa shape index (κ1) is 15.5. The summed E-state index contributed by atoms with van der Waals surface area (Å²) in [6.45, 7) is 2.03. The molecule has 22 heavy (non-hydrogen) atoms. The van der Waals surface area contributed by atoms with E-state index in [4.69, 9.17) is 4.74 Å². The van der Waals surface area contributed by atoms with Gasteiger partial charge in [-0.25, -0.2) is 4.79 Å². The molecule has 3 rings (SSSR count). The Morgan fingerprint density at radius 1 is 1.32 bits per heavy atom. The molecule has 0 radical (unpaired) electrons. The maximum atomic E-state index is 12.2. The molecule has 3 fully saturated rings. The molecule has 2 N–H and O–H groups in total. The second-order valence-electron chi connectivity index (χ2n) is 5.94. The van der Waals surface area contributed by atoms with Gasteiger partial charge in [0.1, 0.15) is 6.10 Å². The second kappa shape index (κ2) is 5.38. The molecule has 1 spiro atoms. The smallest absolute Gasteiger partial charge is 0.452 e. The minimum atomic E-state index is -5.07. The third-order valence-corrected chi connectivity index (χ3v) is 4.45. The number of halogens is 3. The minimum absolute atomic E-state index is 0.0257. The van der Waals surface area contributed by atoms with Crippen LogP contribution < -0.4 is 10.6 Å². The van der Waals surface area contributed by atoms with Crippen molar-refractivity contribution in [2.24, 2.45) is 5.92 Å². The van der Waals surface area contributed by atoms with Crippen LogP contribution in [0.2, 0.25) is 0 Å². The van der Waals surface area contributed by atoms with Crippen LogP contribution in [0, 0.1) is 5.92 Å². The number of hydrogen-bond donors (Lipinski definition) is 2. The Kier molecular flexibility index (Phi) is 3.80. The van der Waals surface area contributed by atoms with E-state index < -0.39 is 29.8 Å². The van der Waals surface area contributed by atoms with E-state index in [-0.39, 0.29) is 18.4 Å². The van der Waals surface area contributed by atoms with Crippen LogP contribution in [0.4, 0.5) is 13.2 Å². The number of nitrogens with one attached hydrogen (secondary N) is 2. The Morgan fingerprint density at radius 2 is 2.00 bits per heavy atom. The van der Waals surface area contributed by atoms with E-state index in [1.165, 1.54) is 0 Å². The van der Waals surface area contributed by atoms with Crippen LogP contribution in [0.15, 0.2) is 0 Å². The SMILES string of the molecule is O=C(OC1CC12OC(C1CCNCC1)CNC2=O)C(F)(F)F. The van der Waals surface area contributed by atoms with Crippen molar-refractivity contribution in [2.45, 2.75) is 43.2 Å². The lowest BCUT2D eigenvalue weighted by Crippen LogP contribution is -2.56. The van der Waals surface area contributed by atoms with Crippen molar-refractivity contribution >= 4 is 11.9 Å². The number of morpholine rings is 1. The summed E-state index contributed by atoms with van der Waals surface area (Å²) in [4.78, 5) is 22.8. The number of rotatable bonds is 2. The molecule has 3 unspecified atom stereocenters. The Balaban J connectivity index is 1.63. The molecule has 3 atom stereocenters. The van der Waals surface area contributed by atoms with Gasteiger partial charge in [0, 0.05) is 13.0 Å². The van der Waals surface area contributed by atoms with Gasteiger partial charge in [0.2, 0.25) is 0 Å². The summed E-state index contributed by atoms with van der Waals surface area (Å²) < 4.78 is 46.8. The van der Waals surface area contributed by atoms with E-state index in [1.807, 2.05) is 0 Å². The first-order valence-corrected chi connectivity index (χ1v) is 7.27. The van der Waals surface area contributed by atoms with Crippen LogP contribution in [0.5, 0.6) is 0 Å². The monoisotopic (exact) mass is 322 g/mol. The molecule has 1 aliphatic carbocycles. The Hall–Kier alpha value is -1.35. The summed E-state index contributed by atoms with van der Waals surface area (Å²) in [7, 11) is 0. The normalized spacial score (nSPS) is 36.0. The predicted octanol–water partition coefficient (Wildman–Crippen LogP) is 0.118. The highest BCUT2D eigenvalue weighted by molar-refractivity contribution is 5.91. The largest absolute Gasteiger partial charge is 0.490 e. The molecule has 1 amide bonds. The average Bonchev–Trinajstić information content (AvgIpc) is 3.15. The van der Waals surface area contributed by atoms with E-state index in [0.717, 1.165) is 25.9 Å². The molecule has 9 heteroatoms. The summed E-state index contributed by atoms with van der Waals surface area (Å²) in [6, 6.07) is 0. The van der Waals surface area contributed by atoms with Crippen molar-refractivity contribution in [3.05, 3.63) is 0 Å². The molecule has 0 bridgehead atoms. The Labute approximate surface area is 124 Å². The van der Waals surface area contributed by atoms with Crippen molar-refractivity contribution in [3.63, 3.8) is 0 Å². The van der Waals surface area contributed by atoms with Gasteiger partial charge in [-0.15, -0.1) is 0 Å². The molecule has 1 saturated carbocycles. The fraction of sp³-hybridized carbons (Fsp3) is 0.846. The van der Waals surface area contributed by atoms with Gasteiger partial charge in [0.15, 0.2) is 5.60 Å². The first-order chi connectivity index (χ1) is 10.3. The highest BCUT2D eigenvalue weighted by atomic mass is 19.4. The number of amides is 1. The fourth-order valence-electron chi connectivity index (χ4n) is 3.10. The highest BCUT2D eigenvalue weighted by Gasteiger charge is 2.68. The van der Waals surface area contributed by atoms with Crippen LogP contribution in [-0.2, 0) is 19.1 Å². The van der Waals surface area contributed by atoms with Crippen molar-refractivity contribution in [1.29, 1.82) is 0 Å². The number of carbonyl (C=O) groups excluding carboxylic acids is 2. The number of alkyl halides is 3. The molecule has 2 aliphatic heterocycles. The highest BCUT2D eigenvalue weighted by Crippen LogP contribution is 2.47. The van der Waals surface area contributed by atoms with Crippen LogP contribution in [-0.4, -0.2) is 55.5 Å². The van der Waals surface area contributed by atoms with Crippen LogP contribution in [0.25, 0.3) is 0 Å². The predicted molar refractivity (Wildman–Crippen MR) is 66.8 cm³/mol. The first-order valence-electron chi connectivity index (χ1n) is 7.27. The lowest BCUT2D eigenvalue weighted by Gasteiger charge is -2.37.